The number of aromatic nitrogens is 2. The number of fused-ring (bicyclic) bond motifs is 6. The summed E-state index contributed by atoms with van der Waals surface area (Å²) in [4.78, 5) is 12.3. The summed E-state index contributed by atoms with van der Waals surface area (Å²) in [6.45, 7) is 1.94. The van der Waals surface area contributed by atoms with Crippen molar-refractivity contribution in [3.8, 4) is 5.75 Å². The Morgan fingerprint density at radius 1 is 0.905 bits per heavy atom. The monoisotopic (exact) mass is 278 g/mol. The summed E-state index contributed by atoms with van der Waals surface area (Å²) in [7, 11) is 1.66. The molecule has 0 N–H and O–H groups in total. The van der Waals surface area contributed by atoms with E-state index in [1.807, 2.05) is 53.9 Å². The van der Waals surface area contributed by atoms with E-state index in [1.54, 1.807) is 17.7 Å². The minimum Gasteiger partial charge on any atom is -0.497 e. The van der Waals surface area contributed by atoms with Crippen molar-refractivity contribution in [1.29, 1.82) is 0 Å². The van der Waals surface area contributed by atoms with Gasteiger partial charge in [0.15, 0.2) is 0 Å². The van der Waals surface area contributed by atoms with Crippen LogP contribution in [-0.2, 0) is 0 Å². The average Bonchev–Trinajstić information content (AvgIpc) is 2.82. The van der Waals surface area contributed by atoms with Crippen LogP contribution >= 0.6 is 0 Å². The number of para-hydroxylation sites is 1. The molecule has 0 bridgehead atoms. The maximum atomic E-state index is 12.3. The number of hydrogen-bond donors (Lipinski definition) is 0. The average molecular weight is 278 g/mol. The zero-order valence-corrected chi connectivity index (χ0v) is 11.8. The largest absolute Gasteiger partial charge is 0.497 e. The Bertz CT molecular complexity index is 1060. The van der Waals surface area contributed by atoms with Gasteiger partial charge in [0.25, 0.3) is 5.56 Å². The SMILES string of the molecule is COc1ccc2c(c1)c1ccccc1n1c(=O)cc(C)n21. The summed E-state index contributed by atoms with van der Waals surface area (Å²) in [5.41, 5.74) is 2.80. The van der Waals surface area contributed by atoms with Crippen LogP contribution in [-0.4, -0.2) is 16.1 Å². The molecule has 104 valence electrons. The molecular formula is C17H14N2O2. The minimum atomic E-state index is -0.0126. The number of methoxy groups -OCH3 is 1. The quantitative estimate of drug-likeness (QED) is 0.502. The van der Waals surface area contributed by atoms with Gasteiger partial charge in [0.2, 0.25) is 0 Å². The molecule has 4 heteroatoms. The second-order valence-electron chi connectivity index (χ2n) is 5.15. The molecule has 0 fully saturated rings. The lowest BCUT2D eigenvalue weighted by Crippen LogP contribution is -2.12. The second-order valence-corrected chi connectivity index (χ2v) is 5.15. The molecule has 21 heavy (non-hydrogen) atoms. The van der Waals surface area contributed by atoms with Gasteiger partial charge in [0.1, 0.15) is 5.75 Å². The molecule has 0 aliphatic heterocycles. The van der Waals surface area contributed by atoms with Gasteiger partial charge in [-0.1, -0.05) is 18.2 Å². The highest BCUT2D eigenvalue weighted by atomic mass is 16.5. The van der Waals surface area contributed by atoms with E-state index in [1.165, 1.54) is 0 Å². The van der Waals surface area contributed by atoms with Gasteiger partial charge in [-0.15, -0.1) is 0 Å². The lowest BCUT2D eigenvalue weighted by Gasteiger charge is -2.12. The van der Waals surface area contributed by atoms with E-state index < -0.39 is 0 Å². The minimum absolute atomic E-state index is 0.0126. The first-order valence-corrected chi connectivity index (χ1v) is 6.80. The van der Waals surface area contributed by atoms with Gasteiger partial charge < -0.3 is 4.74 Å². The van der Waals surface area contributed by atoms with Crippen molar-refractivity contribution in [3.05, 3.63) is 64.6 Å². The molecule has 2 aromatic carbocycles. The van der Waals surface area contributed by atoms with Gasteiger partial charge in [-0.2, -0.15) is 0 Å². The fourth-order valence-corrected chi connectivity index (χ4v) is 3.01. The molecule has 0 atom stereocenters. The maximum Gasteiger partial charge on any atom is 0.271 e. The van der Waals surface area contributed by atoms with Crippen molar-refractivity contribution in [2.24, 2.45) is 0 Å². The maximum absolute atomic E-state index is 12.3. The van der Waals surface area contributed by atoms with E-state index in [0.29, 0.717) is 0 Å². The van der Waals surface area contributed by atoms with Crippen LogP contribution in [0.4, 0.5) is 0 Å². The highest BCUT2D eigenvalue weighted by Gasteiger charge is 2.12. The van der Waals surface area contributed by atoms with Gasteiger partial charge in [0, 0.05) is 22.5 Å². The van der Waals surface area contributed by atoms with Crippen LogP contribution < -0.4 is 10.3 Å². The summed E-state index contributed by atoms with van der Waals surface area (Å²) < 4.78 is 9.02. The summed E-state index contributed by atoms with van der Waals surface area (Å²) in [6.07, 6.45) is 0. The molecule has 4 rings (SSSR count). The van der Waals surface area contributed by atoms with Crippen LogP contribution in [0, 0.1) is 6.92 Å². The molecule has 0 amide bonds. The molecule has 4 aromatic rings. The Hall–Kier alpha value is -2.75. The molecular weight excluding hydrogens is 264 g/mol. The van der Waals surface area contributed by atoms with E-state index in [0.717, 1.165) is 33.2 Å². The highest BCUT2D eigenvalue weighted by molar-refractivity contribution is 6.04. The zero-order chi connectivity index (χ0) is 14.6. The molecule has 0 aliphatic rings. The van der Waals surface area contributed by atoms with Gasteiger partial charge in [-0.3, -0.25) is 4.79 Å². The molecule has 2 heterocycles. The predicted octanol–water partition coefficient (Wildman–Crippen LogP) is 3.02. The van der Waals surface area contributed by atoms with Crippen LogP contribution in [0.25, 0.3) is 21.8 Å². The Morgan fingerprint density at radius 2 is 1.67 bits per heavy atom. The normalized spacial score (nSPS) is 11.5. The number of benzene rings is 2. The lowest BCUT2D eigenvalue weighted by molar-refractivity contribution is 0.415. The van der Waals surface area contributed by atoms with Crippen molar-refractivity contribution >= 4 is 21.8 Å². The fourth-order valence-electron chi connectivity index (χ4n) is 3.01. The molecule has 4 nitrogen and oxygen atoms in total. The zero-order valence-electron chi connectivity index (χ0n) is 11.8. The van der Waals surface area contributed by atoms with Crippen LogP contribution in [0.5, 0.6) is 5.75 Å². The van der Waals surface area contributed by atoms with Gasteiger partial charge in [-0.25, -0.2) is 9.03 Å². The smallest absolute Gasteiger partial charge is 0.271 e. The lowest BCUT2D eigenvalue weighted by atomic mass is 10.1. The Morgan fingerprint density at radius 3 is 2.48 bits per heavy atom. The van der Waals surface area contributed by atoms with E-state index in [4.69, 9.17) is 4.74 Å². The Balaban J connectivity index is 2.41. The van der Waals surface area contributed by atoms with E-state index in [2.05, 4.69) is 0 Å². The van der Waals surface area contributed by atoms with Crippen molar-refractivity contribution in [2.45, 2.75) is 6.92 Å². The van der Waals surface area contributed by atoms with E-state index in [9.17, 15) is 4.79 Å². The molecule has 0 spiro atoms. The van der Waals surface area contributed by atoms with Crippen LogP contribution in [0.1, 0.15) is 5.69 Å². The summed E-state index contributed by atoms with van der Waals surface area (Å²) >= 11 is 0. The van der Waals surface area contributed by atoms with Crippen LogP contribution in [0.3, 0.4) is 0 Å². The second kappa shape index (κ2) is 4.12. The molecule has 0 saturated carbocycles. The number of ether oxygens (including phenoxy) is 1. The molecule has 2 aromatic heterocycles. The molecule has 0 radical (unpaired) electrons. The van der Waals surface area contributed by atoms with Gasteiger partial charge in [0.05, 0.1) is 18.1 Å². The summed E-state index contributed by atoms with van der Waals surface area (Å²) in [5.74, 6) is 0.809. The highest BCUT2D eigenvalue weighted by Crippen LogP contribution is 2.28. The fraction of sp³-hybridized carbons (Fsp3) is 0.118. The molecule has 0 saturated heterocycles. The first-order chi connectivity index (χ1) is 10.2. The van der Waals surface area contributed by atoms with E-state index in [-0.39, 0.29) is 5.56 Å². The van der Waals surface area contributed by atoms with Gasteiger partial charge in [-0.05, 0) is 31.2 Å². The third-order valence-electron chi connectivity index (χ3n) is 3.93. The van der Waals surface area contributed by atoms with Gasteiger partial charge >= 0.3 is 0 Å². The number of hydrogen-bond acceptors (Lipinski definition) is 2. The first-order valence-electron chi connectivity index (χ1n) is 6.80. The standard InChI is InChI=1S/C17H14N2O2/c1-11-9-17(20)19-15-6-4-3-5-13(15)14-10-12(21-2)7-8-16(14)18(11)19/h3-10H,1-2H3. The van der Waals surface area contributed by atoms with Crippen molar-refractivity contribution < 1.29 is 4.74 Å². The third kappa shape index (κ3) is 1.53. The predicted molar refractivity (Wildman–Crippen MR) is 83.4 cm³/mol. The number of rotatable bonds is 1. The Labute approximate surface area is 120 Å². The van der Waals surface area contributed by atoms with Crippen molar-refractivity contribution in [1.82, 2.24) is 9.03 Å². The molecule has 0 unspecified atom stereocenters. The van der Waals surface area contributed by atoms with Crippen molar-refractivity contribution in [3.63, 3.8) is 0 Å². The number of nitrogens with zero attached hydrogens (tertiary/aromatic N) is 2. The van der Waals surface area contributed by atoms with Crippen LogP contribution in [0.15, 0.2) is 53.3 Å². The summed E-state index contributed by atoms with van der Waals surface area (Å²) in [6, 6.07) is 15.5. The van der Waals surface area contributed by atoms with E-state index >= 15 is 0 Å². The molecule has 0 aliphatic carbocycles. The van der Waals surface area contributed by atoms with Crippen molar-refractivity contribution in [2.75, 3.05) is 7.11 Å². The number of aryl methyl sites for hydroxylation is 1. The first kappa shape index (κ1) is 12.0. The summed E-state index contributed by atoms with van der Waals surface area (Å²) in [5, 5.41) is 2.11. The third-order valence-corrected chi connectivity index (χ3v) is 3.93. The van der Waals surface area contributed by atoms with Crippen LogP contribution in [0.2, 0.25) is 0 Å². The Kier molecular flexibility index (Phi) is 2.36. The topological polar surface area (TPSA) is 35.1 Å².